The molecule has 0 unspecified atom stereocenters. The number of hydrogen-bond donors (Lipinski definition) is 0. The van der Waals surface area contributed by atoms with Gasteiger partial charge >= 0.3 is 0 Å². The lowest BCUT2D eigenvalue weighted by Gasteiger charge is -2.38. The molecule has 0 saturated carbocycles. The Morgan fingerprint density at radius 3 is 2.60 bits per heavy atom. The van der Waals surface area contributed by atoms with Gasteiger partial charge in [0, 0.05) is 23.4 Å². The summed E-state index contributed by atoms with van der Waals surface area (Å²) < 4.78 is 11.2. The number of amides is 2. The number of carbonyl (C=O) groups excluding carboxylic acids is 2. The lowest BCUT2D eigenvalue weighted by Crippen LogP contribution is -2.52. The van der Waals surface area contributed by atoms with E-state index in [1.165, 1.54) is 4.90 Å². The van der Waals surface area contributed by atoms with Crippen LogP contribution in [0.25, 0.3) is 5.70 Å². The van der Waals surface area contributed by atoms with Gasteiger partial charge in [-0.2, -0.15) is 0 Å². The summed E-state index contributed by atoms with van der Waals surface area (Å²) in [6.45, 7) is 5.83. The second-order valence-electron chi connectivity index (χ2n) is 6.64. The van der Waals surface area contributed by atoms with Crippen molar-refractivity contribution in [2.24, 2.45) is 0 Å². The Balaban J connectivity index is 1.49. The summed E-state index contributed by atoms with van der Waals surface area (Å²) in [6.07, 6.45) is 2.53. The fraction of sp³-hybridized carbons (Fsp3) is 0.474. The molecule has 2 amide bonds. The van der Waals surface area contributed by atoms with E-state index in [1.54, 1.807) is 6.07 Å². The van der Waals surface area contributed by atoms with Gasteiger partial charge < -0.3 is 14.4 Å². The first-order valence-corrected chi connectivity index (χ1v) is 8.79. The van der Waals surface area contributed by atoms with E-state index in [1.807, 2.05) is 23.1 Å². The number of piperidine rings is 1. The number of fused-ring (bicyclic) bond motifs is 1. The van der Waals surface area contributed by atoms with E-state index >= 15 is 0 Å². The molecule has 0 aromatic heterocycles. The van der Waals surface area contributed by atoms with Crippen LogP contribution in [0, 0.1) is 0 Å². The van der Waals surface area contributed by atoms with Crippen LogP contribution in [0.1, 0.15) is 35.2 Å². The quantitative estimate of drug-likeness (QED) is 0.841. The fourth-order valence-electron chi connectivity index (χ4n) is 3.88. The van der Waals surface area contributed by atoms with E-state index in [0.29, 0.717) is 31.0 Å². The number of benzene rings is 1. The maximum atomic E-state index is 12.9. The van der Waals surface area contributed by atoms with Crippen molar-refractivity contribution in [1.29, 1.82) is 0 Å². The minimum atomic E-state index is -0.348. The molecule has 132 valence electrons. The Hall–Kier alpha value is -2.18. The van der Waals surface area contributed by atoms with Crippen LogP contribution in [0.4, 0.5) is 0 Å². The molecule has 0 bridgehead atoms. The lowest BCUT2D eigenvalue weighted by molar-refractivity contribution is -0.150. The summed E-state index contributed by atoms with van der Waals surface area (Å²) >= 11 is 0. The molecule has 3 heterocycles. The van der Waals surface area contributed by atoms with E-state index < -0.39 is 0 Å². The standard InChI is InChI=1S/C19H22N2O4/c1-13-14-6-2-3-7-15(14)18(23)21(13)12-17(22)20-9-5-4-8-16(20)19-24-10-11-25-19/h2-3,6-7,16,19H,1,4-5,8-12H2/t16-/m1/s1. The summed E-state index contributed by atoms with van der Waals surface area (Å²) in [7, 11) is 0. The molecule has 4 rings (SSSR count). The fourth-order valence-corrected chi connectivity index (χ4v) is 3.88. The normalized spacial score (nSPS) is 24.1. The van der Waals surface area contributed by atoms with Gasteiger partial charge in [0.15, 0.2) is 6.29 Å². The van der Waals surface area contributed by atoms with Gasteiger partial charge in [0.1, 0.15) is 6.54 Å². The molecular weight excluding hydrogens is 320 g/mol. The van der Waals surface area contributed by atoms with E-state index in [2.05, 4.69) is 6.58 Å². The smallest absolute Gasteiger partial charge is 0.259 e. The van der Waals surface area contributed by atoms with Gasteiger partial charge in [0.05, 0.1) is 19.3 Å². The second-order valence-corrected chi connectivity index (χ2v) is 6.64. The largest absolute Gasteiger partial charge is 0.348 e. The average Bonchev–Trinajstić information content (AvgIpc) is 3.26. The van der Waals surface area contributed by atoms with Crippen LogP contribution in [0.3, 0.4) is 0 Å². The maximum absolute atomic E-state index is 12.9. The lowest BCUT2D eigenvalue weighted by atomic mass is 10.0. The third kappa shape index (κ3) is 2.85. The highest BCUT2D eigenvalue weighted by Crippen LogP contribution is 2.32. The van der Waals surface area contributed by atoms with Crippen LogP contribution >= 0.6 is 0 Å². The van der Waals surface area contributed by atoms with Crippen molar-refractivity contribution in [3.8, 4) is 0 Å². The second kappa shape index (κ2) is 6.61. The number of carbonyl (C=O) groups is 2. The zero-order chi connectivity index (χ0) is 17.4. The molecule has 6 nitrogen and oxygen atoms in total. The molecule has 0 radical (unpaired) electrons. The molecule has 25 heavy (non-hydrogen) atoms. The van der Waals surface area contributed by atoms with Crippen LogP contribution in [-0.4, -0.2) is 60.2 Å². The molecular formula is C19H22N2O4. The molecule has 0 aliphatic carbocycles. The van der Waals surface area contributed by atoms with Gasteiger partial charge in [-0.1, -0.05) is 24.8 Å². The van der Waals surface area contributed by atoms with Crippen LogP contribution in [0.2, 0.25) is 0 Å². The predicted molar refractivity (Wildman–Crippen MR) is 91.6 cm³/mol. The summed E-state index contributed by atoms with van der Waals surface area (Å²) in [5.74, 6) is -0.234. The molecule has 0 spiro atoms. The van der Waals surface area contributed by atoms with E-state index in [-0.39, 0.29) is 30.7 Å². The monoisotopic (exact) mass is 342 g/mol. The highest BCUT2D eigenvalue weighted by atomic mass is 16.7. The first-order chi connectivity index (χ1) is 12.2. The zero-order valence-electron chi connectivity index (χ0n) is 14.1. The number of rotatable bonds is 3. The summed E-state index contributed by atoms with van der Waals surface area (Å²) in [6, 6.07) is 7.27. The molecule has 3 aliphatic rings. The van der Waals surface area contributed by atoms with E-state index in [0.717, 1.165) is 24.8 Å². The van der Waals surface area contributed by atoms with Crippen LogP contribution < -0.4 is 0 Å². The molecule has 1 aromatic carbocycles. The number of likely N-dealkylation sites (tertiary alicyclic amines) is 1. The van der Waals surface area contributed by atoms with Crippen molar-refractivity contribution >= 4 is 17.5 Å². The molecule has 2 fully saturated rings. The third-order valence-corrected chi connectivity index (χ3v) is 5.16. The van der Waals surface area contributed by atoms with Gasteiger partial charge in [-0.25, -0.2) is 0 Å². The van der Waals surface area contributed by atoms with Crippen molar-refractivity contribution in [3.05, 3.63) is 42.0 Å². The molecule has 0 N–H and O–H groups in total. The highest BCUT2D eigenvalue weighted by Gasteiger charge is 2.38. The van der Waals surface area contributed by atoms with Gasteiger partial charge in [-0.05, 0) is 25.3 Å². The minimum Gasteiger partial charge on any atom is -0.348 e. The Morgan fingerprint density at radius 2 is 1.88 bits per heavy atom. The van der Waals surface area contributed by atoms with Crippen LogP contribution in [0.5, 0.6) is 0 Å². The van der Waals surface area contributed by atoms with Crippen molar-refractivity contribution in [1.82, 2.24) is 9.80 Å². The third-order valence-electron chi connectivity index (χ3n) is 5.16. The van der Waals surface area contributed by atoms with Gasteiger partial charge in [-0.3, -0.25) is 14.5 Å². The topological polar surface area (TPSA) is 59.1 Å². The zero-order valence-corrected chi connectivity index (χ0v) is 14.1. The maximum Gasteiger partial charge on any atom is 0.259 e. The molecule has 2 saturated heterocycles. The number of nitrogens with zero attached hydrogens (tertiary/aromatic N) is 2. The summed E-state index contributed by atoms with van der Waals surface area (Å²) in [5, 5.41) is 0. The van der Waals surface area contributed by atoms with Gasteiger partial charge in [0.2, 0.25) is 5.91 Å². The van der Waals surface area contributed by atoms with Crippen molar-refractivity contribution < 1.29 is 19.1 Å². The molecule has 3 aliphatic heterocycles. The molecule has 1 aromatic rings. The molecule has 1 atom stereocenters. The number of ether oxygens (including phenoxy) is 2. The van der Waals surface area contributed by atoms with Gasteiger partial charge in [0.25, 0.3) is 5.91 Å². The summed E-state index contributed by atoms with van der Waals surface area (Å²) in [4.78, 5) is 28.9. The number of hydrogen-bond acceptors (Lipinski definition) is 4. The summed E-state index contributed by atoms with van der Waals surface area (Å²) in [5.41, 5.74) is 2.01. The molecule has 6 heteroatoms. The van der Waals surface area contributed by atoms with Gasteiger partial charge in [-0.15, -0.1) is 0 Å². The van der Waals surface area contributed by atoms with Crippen LogP contribution in [0.15, 0.2) is 30.8 Å². The Kier molecular flexibility index (Phi) is 4.31. The predicted octanol–water partition coefficient (Wildman–Crippen LogP) is 1.87. The van der Waals surface area contributed by atoms with Crippen LogP contribution in [-0.2, 0) is 14.3 Å². The van der Waals surface area contributed by atoms with E-state index in [4.69, 9.17) is 9.47 Å². The van der Waals surface area contributed by atoms with Crippen molar-refractivity contribution in [2.75, 3.05) is 26.3 Å². The Bertz CT molecular complexity index is 676. The highest BCUT2D eigenvalue weighted by molar-refractivity contribution is 6.10. The van der Waals surface area contributed by atoms with E-state index in [9.17, 15) is 9.59 Å². The Labute approximate surface area is 147 Å². The first kappa shape index (κ1) is 16.3. The average molecular weight is 342 g/mol. The Morgan fingerprint density at radius 1 is 1.16 bits per heavy atom. The first-order valence-electron chi connectivity index (χ1n) is 8.79. The van der Waals surface area contributed by atoms with Crippen molar-refractivity contribution in [3.63, 3.8) is 0 Å². The SMILES string of the molecule is C=C1c2ccccc2C(=O)N1CC(=O)N1CCCC[C@@H]1C1OCCO1. The minimum absolute atomic E-state index is 0.00949. The van der Waals surface area contributed by atoms with Crippen molar-refractivity contribution in [2.45, 2.75) is 31.6 Å².